The molecule has 0 saturated carbocycles. The van der Waals surface area contributed by atoms with Crippen molar-refractivity contribution in [2.75, 3.05) is 5.32 Å². The standard InChI is InChI=1S/C18H16FNO3/c1-2-6-16(21)23-17(13-7-4-3-5-8-13)18(22)20-15-11-9-14(19)10-12-15/h2-12,17H,1H3,(H,20,22). The van der Waals surface area contributed by atoms with E-state index >= 15 is 0 Å². The number of anilines is 1. The number of carbonyl (C=O) groups is 2. The Morgan fingerprint density at radius 1 is 1.09 bits per heavy atom. The molecule has 0 heterocycles. The van der Waals surface area contributed by atoms with Crippen molar-refractivity contribution in [2.24, 2.45) is 0 Å². The molecule has 0 aliphatic rings. The maximum atomic E-state index is 12.9. The van der Waals surface area contributed by atoms with E-state index in [1.165, 1.54) is 36.4 Å². The number of benzene rings is 2. The summed E-state index contributed by atoms with van der Waals surface area (Å²) in [5.74, 6) is -1.53. The van der Waals surface area contributed by atoms with E-state index in [1.807, 2.05) is 0 Å². The number of amides is 1. The summed E-state index contributed by atoms with van der Waals surface area (Å²) in [6, 6.07) is 14.0. The molecule has 0 aromatic heterocycles. The molecule has 1 amide bonds. The number of hydrogen-bond acceptors (Lipinski definition) is 3. The van der Waals surface area contributed by atoms with Crippen LogP contribution in [0.3, 0.4) is 0 Å². The van der Waals surface area contributed by atoms with E-state index < -0.39 is 23.8 Å². The molecule has 5 heteroatoms. The van der Waals surface area contributed by atoms with E-state index in [4.69, 9.17) is 4.74 Å². The van der Waals surface area contributed by atoms with Gasteiger partial charge in [0.2, 0.25) is 6.10 Å². The number of allylic oxidation sites excluding steroid dienone is 1. The van der Waals surface area contributed by atoms with E-state index in [1.54, 1.807) is 37.3 Å². The number of nitrogens with one attached hydrogen (secondary N) is 1. The lowest BCUT2D eigenvalue weighted by atomic mass is 10.1. The molecule has 4 nitrogen and oxygen atoms in total. The van der Waals surface area contributed by atoms with Gasteiger partial charge < -0.3 is 10.1 Å². The molecule has 118 valence electrons. The van der Waals surface area contributed by atoms with Crippen molar-refractivity contribution in [1.82, 2.24) is 0 Å². The van der Waals surface area contributed by atoms with E-state index in [-0.39, 0.29) is 0 Å². The van der Waals surface area contributed by atoms with Crippen LogP contribution >= 0.6 is 0 Å². The molecule has 1 N–H and O–H groups in total. The number of ether oxygens (including phenoxy) is 1. The minimum atomic E-state index is -1.09. The summed E-state index contributed by atoms with van der Waals surface area (Å²) < 4.78 is 18.1. The highest BCUT2D eigenvalue weighted by Crippen LogP contribution is 2.20. The Balaban J connectivity index is 2.20. The van der Waals surface area contributed by atoms with Crippen LogP contribution in [0.15, 0.2) is 66.7 Å². The minimum Gasteiger partial charge on any atom is -0.444 e. The van der Waals surface area contributed by atoms with E-state index in [9.17, 15) is 14.0 Å². The van der Waals surface area contributed by atoms with Crippen LogP contribution in [0.5, 0.6) is 0 Å². The van der Waals surface area contributed by atoms with Gasteiger partial charge in [0.1, 0.15) is 5.82 Å². The monoisotopic (exact) mass is 313 g/mol. The third-order valence-corrected chi connectivity index (χ3v) is 2.99. The number of halogens is 1. The van der Waals surface area contributed by atoms with Crippen LogP contribution in [-0.2, 0) is 14.3 Å². The lowest BCUT2D eigenvalue weighted by molar-refractivity contribution is -0.149. The van der Waals surface area contributed by atoms with Crippen LogP contribution in [0, 0.1) is 5.82 Å². The van der Waals surface area contributed by atoms with Crippen LogP contribution in [0.4, 0.5) is 10.1 Å². The molecule has 0 radical (unpaired) electrons. The van der Waals surface area contributed by atoms with Gasteiger partial charge in [0.05, 0.1) is 0 Å². The molecule has 0 saturated heterocycles. The van der Waals surface area contributed by atoms with Crippen LogP contribution in [0.25, 0.3) is 0 Å². The first-order valence-corrected chi connectivity index (χ1v) is 7.05. The molecule has 0 aliphatic heterocycles. The molecule has 2 aromatic carbocycles. The number of esters is 1. The van der Waals surface area contributed by atoms with Gasteiger partial charge in [-0.2, -0.15) is 0 Å². The fourth-order valence-electron chi connectivity index (χ4n) is 1.93. The normalized spacial score (nSPS) is 11.9. The van der Waals surface area contributed by atoms with Gasteiger partial charge in [-0.15, -0.1) is 0 Å². The van der Waals surface area contributed by atoms with Gasteiger partial charge >= 0.3 is 5.97 Å². The van der Waals surface area contributed by atoms with Gasteiger partial charge in [-0.05, 0) is 31.2 Å². The van der Waals surface area contributed by atoms with Gasteiger partial charge in [0.25, 0.3) is 5.91 Å². The molecular formula is C18H16FNO3. The summed E-state index contributed by atoms with van der Waals surface area (Å²) in [6.07, 6.45) is 1.67. The SMILES string of the molecule is CC=CC(=O)OC(C(=O)Nc1ccc(F)cc1)c1ccccc1. The van der Waals surface area contributed by atoms with Crippen LogP contribution in [0.2, 0.25) is 0 Å². The fourth-order valence-corrected chi connectivity index (χ4v) is 1.93. The summed E-state index contributed by atoms with van der Waals surface area (Å²) in [6.45, 7) is 1.68. The van der Waals surface area contributed by atoms with E-state index in [0.717, 1.165) is 0 Å². The van der Waals surface area contributed by atoms with Crippen molar-refractivity contribution in [1.29, 1.82) is 0 Å². The molecule has 0 bridgehead atoms. The second-order valence-electron chi connectivity index (χ2n) is 4.72. The van der Waals surface area contributed by atoms with Crippen molar-refractivity contribution in [2.45, 2.75) is 13.0 Å². The highest BCUT2D eigenvalue weighted by molar-refractivity contribution is 5.96. The lowest BCUT2D eigenvalue weighted by Gasteiger charge is -2.17. The quantitative estimate of drug-likeness (QED) is 0.677. The van der Waals surface area contributed by atoms with Crippen molar-refractivity contribution < 1.29 is 18.7 Å². The zero-order valence-electron chi connectivity index (χ0n) is 12.5. The maximum absolute atomic E-state index is 12.9. The molecule has 2 aromatic rings. The van der Waals surface area contributed by atoms with Gasteiger partial charge in [-0.3, -0.25) is 4.79 Å². The largest absolute Gasteiger partial charge is 0.444 e. The zero-order chi connectivity index (χ0) is 16.7. The molecule has 1 atom stereocenters. The summed E-state index contributed by atoms with van der Waals surface area (Å²) in [5, 5.41) is 2.61. The van der Waals surface area contributed by atoms with Crippen LogP contribution in [0.1, 0.15) is 18.6 Å². The maximum Gasteiger partial charge on any atom is 0.331 e. The summed E-state index contributed by atoms with van der Waals surface area (Å²) in [5.41, 5.74) is 0.962. The number of carbonyl (C=O) groups excluding carboxylic acids is 2. The van der Waals surface area contributed by atoms with Crippen molar-refractivity contribution >= 4 is 17.6 Å². The Morgan fingerprint density at radius 2 is 1.74 bits per heavy atom. The first kappa shape index (κ1) is 16.4. The highest BCUT2D eigenvalue weighted by atomic mass is 19.1. The summed E-state index contributed by atoms with van der Waals surface area (Å²) >= 11 is 0. The van der Waals surface area contributed by atoms with Gasteiger partial charge in [0.15, 0.2) is 0 Å². The minimum absolute atomic E-state index is 0.401. The second kappa shape index (κ2) is 7.89. The smallest absolute Gasteiger partial charge is 0.331 e. The lowest BCUT2D eigenvalue weighted by Crippen LogP contribution is -2.25. The number of hydrogen-bond donors (Lipinski definition) is 1. The predicted molar refractivity (Wildman–Crippen MR) is 85.1 cm³/mol. The summed E-state index contributed by atoms with van der Waals surface area (Å²) in [7, 11) is 0. The third kappa shape index (κ3) is 4.78. The Hall–Kier alpha value is -2.95. The van der Waals surface area contributed by atoms with E-state index in [2.05, 4.69) is 5.32 Å². The Bertz CT molecular complexity index is 696. The average Bonchev–Trinajstić information content (AvgIpc) is 2.56. The molecule has 0 spiro atoms. The first-order valence-electron chi connectivity index (χ1n) is 7.05. The van der Waals surface area contributed by atoms with Crippen molar-refractivity contribution in [3.8, 4) is 0 Å². The predicted octanol–water partition coefficient (Wildman–Crippen LogP) is 3.62. The molecule has 1 unspecified atom stereocenters. The van der Waals surface area contributed by atoms with Gasteiger partial charge in [0, 0.05) is 17.3 Å². The Morgan fingerprint density at radius 3 is 2.35 bits per heavy atom. The van der Waals surface area contributed by atoms with Gasteiger partial charge in [-0.25, -0.2) is 9.18 Å². The number of rotatable bonds is 5. The first-order chi connectivity index (χ1) is 11.1. The Kier molecular flexibility index (Phi) is 5.63. The molecule has 0 fully saturated rings. The second-order valence-corrected chi connectivity index (χ2v) is 4.72. The molecule has 2 rings (SSSR count). The van der Waals surface area contributed by atoms with Crippen LogP contribution in [-0.4, -0.2) is 11.9 Å². The topological polar surface area (TPSA) is 55.4 Å². The molecule has 0 aliphatic carbocycles. The van der Waals surface area contributed by atoms with Crippen molar-refractivity contribution in [3.63, 3.8) is 0 Å². The summed E-state index contributed by atoms with van der Waals surface area (Å²) in [4.78, 5) is 24.1. The fraction of sp³-hybridized carbons (Fsp3) is 0.111. The van der Waals surface area contributed by atoms with Crippen molar-refractivity contribution in [3.05, 3.63) is 78.1 Å². The highest BCUT2D eigenvalue weighted by Gasteiger charge is 2.24. The third-order valence-electron chi connectivity index (χ3n) is 2.99. The Labute approximate surface area is 133 Å². The van der Waals surface area contributed by atoms with Crippen LogP contribution < -0.4 is 5.32 Å². The zero-order valence-corrected chi connectivity index (χ0v) is 12.5. The van der Waals surface area contributed by atoms with Gasteiger partial charge in [-0.1, -0.05) is 36.4 Å². The molecular weight excluding hydrogens is 297 g/mol. The average molecular weight is 313 g/mol. The van der Waals surface area contributed by atoms with E-state index in [0.29, 0.717) is 11.3 Å². The molecule has 23 heavy (non-hydrogen) atoms.